The maximum absolute atomic E-state index is 9.62. The van der Waals surface area contributed by atoms with Crippen LogP contribution in [0.25, 0.3) is 0 Å². The molecule has 0 saturated heterocycles. The summed E-state index contributed by atoms with van der Waals surface area (Å²) in [5.74, 6) is -0.983. The normalized spacial score (nSPS) is 7.62. The third-order valence-electron chi connectivity index (χ3n) is 0.631. The molecule has 0 spiro atoms. The Morgan fingerprint density at radius 2 is 2.12 bits per heavy atom. The second-order valence-electron chi connectivity index (χ2n) is 1.33. The smallest absolute Gasteiger partial charge is 0.550 e. The topological polar surface area (TPSA) is 40.1 Å². The summed E-state index contributed by atoms with van der Waals surface area (Å²) in [5, 5.41) is 9.62. The van der Waals surface area contributed by atoms with Crippen LogP contribution in [0.3, 0.4) is 0 Å². The van der Waals surface area contributed by atoms with E-state index in [0.717, 1.165) is 0 Å². The molecule has 0 atom stereocenters. The van der Waals surface area contributed by atoms with Gasteiger partial charge in [-0.15, -0.1) is 0 Å². The van der Waals surface area contributed by atoms with Gasteiger partial charge < -0.3 is 9.90 Å². The maximum Gasteiger partial charge on any atom is 1.00 e. The standard InChI is InChI=1S/C5H9O2.Na/c1-2-3-4-5(6)7;/h1-4H2,(H,6,7);/q;+1/p-1. The average Bonchev–Trinajstić information content (AvgIpc) is 1.61. The first-order valence-corrected chi connectivity index (χ1v) is 2.26. The molecule has 8 heavy (non-hydrogen) atoms. The van der Waals surface area contributed by atoms with Gasteiger partial charge in [-0.05, 0) is 12.8 Å². The van der Waals surface area contributed by atoms with E-state index in [4.69, 9.17) is 0 Å². The van der Waals surface area contributed by atoms with Crippen LogP contribution in [0.4, 0.5) is 0 Å². The largest absolute Gasteiger partial charge is 1.00 e. The minimum atomic E-state index is -0.983. The van der Waals surface area contributed by atoms with Gasteiger partial charge in [-0.2, -0.15) is 0 Å². The summed E-state index contributed by atoms with van der Waals surface area (Å²) >= 11 is 0. The maximum atomic E-state index is 9.62. The van der Waals surface area contributed by atoms with Crippen LogP contribution in [0, 0.1) is 6.92 Å². The molecule has 0 amide bonds. The van der Waals surface area contributed by atoms with E-state index in [1.807, 2.05) is 0 Å². The molecule has 0 rings (SSSR count). The van der Waals surface area contributed by atoms with Crippen LogP contribution in [0.1, 0.15) is 19.3 Å². The fourth-order valence-electron chi connectivity index (χ4n) is 0.269. The number of hydrogen-bond acceptors (Lipinski definition) is 2. The molecule has 3 heteroatoms. The van der Waals surface area contributed by atoms with Crippen LogP contribution >= 0.6 is 0 Å². The molecule has 1 radical (unpaired) electrons. The van der Waals surface area contributed by atoms with Gasteiger partial charge in [0, 0.05) is 5.97 Å². The number of unbranched alkanes of at least 4 members (excludes halogenated alkanes) is 1. The van der Waals surface area contributed by atoms with Gasteiger partial charge in [0.25, 0.3) is 0 Å². The van der Waals surface area contributed by atoms with Gasteiger partial charge in [0.15, 0.2) is 0 Å². The zero-order chi connectivity index (χ0) is 5.70. The number of hydrogen-bond donors (Lipinski definition) is 0. The van der Waals surface area contributed by atoms with E-state index in [2.05, 4.69) is 6.92 Å². The SMILES string of the molecule is [CH2]CCCC(=O)[O-].[Na+]. The molecule has 0 aromatic carbocycles. The molecule has 2 nitrogen and oxygen atoms in total. The van der Waals surface area contributed by atoms with Gasteiger partial charge in [0.05, 0.1) is 0 Å². The summed E-state index contributed by atoms with van der Waals surface area (Å²) in [6, 6.07) is 0. The Balaban J connectivity index is 0. The van der Waals surface area contributed by atoms with E-state index >= 15 is 0 Å². The van der Waals surface area contributed by atoms with Gasteiger partial charge in [-0.25, -0.2) is 0 Å². The molecule has 0 aliphatic heterocycles. The third kappa shape index (κ3) is 9.69. The minimum Gasteiger partial charge on any atom is -0.550 e. The van der Waals surface area contributed by atoms with E-state index in [9.17, 15) is 9.90 Å². The molecule has 0 fully saturated rings. The zero-order valence-electron chi connectivity index (χ0n) is 5.14. The Bertz CT molecular complexity index is 63.4. The van der Waals surface area contributed by atoms with Crippen LogP contribution in [-0.2, 0) is 4.79 Å². The molecule has 0 bridgehead atoms. The first-order chi connectivity index (χ1) is 3.27. The van der Waals surface area contributed by atoms with Crippen molar-refractivity contribution in [3.05, 3.63) is 6.92 Å². The fourth-order valence-corrected chi connectivity index (χ4v) is 0.269. The van der Waals surface area contributed by atoms with Crippen molar-refractivity contribution in [2.24, 2.45) is 0 Å². The van der Waals surface area contributed by atoms with Crippen LogP contribution < -0.4 is 34.7 Å². The van der Waals surface area contributed by atoms with E-state index in [-0.39, 0.29) is 36.0 Å². The second kappa shape index (κ2) is 7.47. The third-order valence-corrected chi connectivity index (χ3v) is 0.631. The van der Waals surface area contributed by atoms with Gasteiger partial charge in [0.2, 0.25) is 0 Å². The van der Waals surface area contributed by atoms with Crippen molar-refractivity contribution in [2.45, 2.75) is 19.3 Å². The molecule has 0 aromatic rings. The van der Waals surface area contributed by atoms with E-state index in [1.54, 1.807) is 0 Å². The van der Waals surface area contributed by atoms with Crippen molar-refractivity contribution < 1.29 is 39.5 Å². The van der Waals surface area contributed by atoms with Crippen LogP contribution in [0.2, 0.25) is 0 Å². The summed E-state index contributed by atoms with van der Waals surface area (Å²) in [6.45, 7) is 3.47. The van der Waals surface area contributed by atoms with Crippen LogP contribution in [0.15, 0.2) is 0 Å². The minimum absolute atomic E-state index is 0. The number of carboxylic acids is 1. The van der Waals surface area contributed by atoms with Gasteiger partial charge in [-0.3, -0.25) is 0 Å². The van der Waals surface area contributed by atoms with E-state index in [1.165, 1.54) is 0 Å². The molecule has 0 N–H and O–H groups in total. The molecular weight excluding hydrogens is 115 g/mol. The van der Waals surface area contributed by atoms with Gasteiger partial charge >= 0.3 is 29.6 Å². The Hall–Kier alpha value is 0.470. The Morgan fingerprint density at radius 3 is 2.25 bits per heavy atom. The van der Waals surface area contributed by atoms with Crippen molar-refractivity contribution in [1.82, 2.24) is 0 Å². The molecule has 0 heterocycles. The first kappa shape index (κ1) is 11.3. The second-order valence-corrected chi connectivity index (χ2v) is 1.33. The number of aliphatic carboxylic acids is 1. The Labute approximate surface area is 71.6 Å². The van der Waals surface area contributed by atoms with Crippen molar-refractivity contribution in [3.8, 4) is 0 Å². The van der Waals surface area contributed by atoms with E-state index in [0.29, 0.717) is 12.8 Å². The summed E-state index contributed by atoms with van der Waals surface area (Å²) in [4.78, 5) is 9.62. The monoisotopic (exact) mass is 123 g/mol. The van der Waals surface area contributed by atoms with E-state index < -0.39 is 5.97 Å². The Kier molecular flexibility index (Phi) is 10.5. The summed E-state index contributed by atoms with van der Waals surface area (Å²) in [7, 11) is 0. The van der Waals surface area contributed by atoms with Crippen molar-refractivity contribution in [1.29, 1.82) is 0 Å². The number of carboxylic acid groups (broad SMARTS) is 1. The fraction of sp³-hybridized carbons (Fsp3) is 0.600. The summed E-state index contributed by atoms with van der Waals surface area (Å²) in [5.41, 5.74) is 0. The summed E-state index contributed by atoms with van der Waals surface area (Å²) < 4.78 is 0. The number of rotatable bonds is 3. The Morgan fingerprint density at radius 1 is 1.62 bits per heavy atom. The molecule has 0 aliphatic rings. The number of carbonyl (C=O) groups excluding carboxylic acids is 1. The summed E-state index contributed by atoms with van der Waals surface area (Å²) in [6.07, 6.45) is 1.44. The zero-order valence-corrected chi connectivity index (χ0v) is 7.14. The van der Waals surface area contributed by atoms with Gasteiger partial charge in [0.1, 0.15) is 0 Å². The molecule has 0 unspecified atom stereocenters. The van der Waals surface area contributed by atoms with Gasteiger partial charge in [-0.1, -0.05) is 13.3 Å². The van der Waals surface area contributed by atoms with Crippen molar-refractivity contribution in [3.63, 3.8) is 0 Å². The molecular formula is C5H8NaO2. The molecule has 0 aliphatic carbocycles. The quantitative estimate of drug-likeness (QED) is 0.370. The van der Waals surface area contributed by atoms with Crippen LogP contribution in [-0.4, -0.2) is 5.97 Å². The first-order valence-electron chi connectivity index (χ1n) is 2.26. The van der Waals surface area contributed by atoms with Crippen LogP contribution in [0.5, 0.6) is 0 Å². The molecule has 0 saturated carbocycles. The predicted molar refractivity (Wildman–Crippen MR) is 24.2 cm³/mol. The number of carbonyl (C=O) groups is 1. The van der Waals surface area contributed by atoms with Crippen molar-refractivity contribution in [2.75, 3.05) is 0 Å². The van der Waals surface area contributed by atoms with Crippen molar-refractivity contribution >= 4 is 5.97 Å². The molecule has 0 aromatic heterocycles. The predicted octanol–water partition coefficient (Wildman–Crippen LogP) is -3.26. The average molecular weight is 123 g/mol. The molecule has 41 valence electrons.